The minimum atomic E-state index is -4.11. The molecule has 3 rings (SSSR count). The molecule has 0 bridgehead atoms. The minimum Gasteiger partial charge on any atom is -0.463 e. The molecule has 0 aliphatic rings. The first-order chi connectivity index (χ1) is 20.0. The van der Waals surface area contributed by atoms with Crippen molar-refractivity contribution in [2.24, 2.45) is 11.8 Å². The number of benzene rings is 3. The summed E-state index contributed by atoms with van der Waals surface area (Å²) in [6.45, 7) is 4.46. The Kier molecular flexibility index (Phi) is 11.8. The fourth-order valence-electron chi connectivity index (χ4n) is 4.49. The molecule has 0 aromatic heterocycles. The Morgan fingerprint density at radius 2 is 1.50 bits per heavy atom. The third-order valence-electron chi connectivity index (χ3n) is 6.95. The second-order valence-electron chi connectivity index (χ2n) is 10.1. The molecule has 0 fully saturated rings. The molecule has 0 saturated heterocycles. The predicted molar refractivity (Wildman–Crippen MR) is 156 cm³/mol. The number of sulfonamides is 1. The molecule has 42 heavy (non-hydrogen) atoms. The lowest BCUT2D eigenvalue weighted by molar-refractivity contribution is -0.150. The van der Waals surface area contributed by atoms with E-state index in [1.165, 1.54) is 24.3 Å². The minimum absolute atomic E-state index is 0.0836. The van der Waals surface area contributed by atoms with Crippen LogP contribution in [0.15, 0.2) is 83.8 Å². The van der Waals surface area contributed by atoms with Gasteiger partial charge in [-0.25, -0.2) is 17.5 Å². The summed E-state index contributed by atoms with van der Waals surface area (Å²) in [5.41, 5.74) is 1.98. The smallest absolute Gasteiger partial charge is 0.314 e. The van der Waals surface area contributed by atoms with Crippen molar-refractivity contribution in [3.05, 3.63) is 95.6 Å². The molecule has 0 radical (unpaired) electrons. The first-order valence-corrected chi connectivity index (χ1v) is 15.3. The van der Waals surface area contributed by atoms with Gasteiger partial charge in [0.1, 0.15) is 19.0 Å². The molecule has 3 aromatic carbocycles. The van der Waals surface area contributed by atoms with Crippen LogP contribution in [0.25, 0.3) is 0 Å². The van der Waals surface area contributed by atoms with E-state index >= 15 is 0 Å². The fraction of sp³-hybridized carbons (Fsp3) is 0.344. The predicted octanol–water partition coefficient (Wildman–Crippen LogP) is 5.76. The van der Waals surface area contributed by atoms with Crippen LogP contribution >= 0.6 is 0 Å². The van der Waals surface area contributed by atoms with E-state index in [4.69, 9.17) is 9.47 Å². The molecule has 3 atom stereocenters. The van der Waals surface area contributed by atoms with Crippen molar-refractivity contribution in [1.29, 1.82) is 0 Å². The summed E-state index contributed by atoms with van der Waals surface area (Å²) < 4.78 is 50.9. The Hall–Kier alpha value is -4.05. The van der Waals surface area contributed by atoms with Gasteiger partial charge in [0.2, 0.25) is 0 Å². The lowest BCUT2D eigenvalue weighted by Gasteiger charge is -2.23. The van der Waals surface area contributed by atoms with Gasteiger partial charge in [-0.3, -0.25) is 14.4 Å². The highest BCUT2D eigenvalue weighted by Gasteiger charge is 2.30. The fourth-order valence-corrected chi connectivity index (χ4v) is 5.47. The van der Waals surface area contributed by atoms with Gasteiger partial charge in [0.05, 0.1) is 16.7 Å². The van der Waals surface area contributed by atoms with Crippen LogP contribution in [0.5, 0.6) is 5.75 Å². The van der Waals surface area contributed by atoms with Crippen molar-refractivity contribution in [3.63, 3.8) is 0 Å². The lowest BCUT2D eigenvalue weighted by Crippen LogP contribution is -2.30. The molecule has 0 aliphatic heterocycles. The quantitative estimate of drug-likeness (QED) is 0.186. The highest BCUT2D eigenvalue weighted by molar-refractivity contribution is 7.90. The molecule has 224 valence electrons. The van der Waals surface area contributed by atoms with Gasteiger partial charge in [-0.2, -0.15) is 0 Å². The maximum Gasteiger partial charge on any atom is 0.314 e. The van der Waals surface area contributed by atoms with E-state index in [0.29, 0.717) is 18.6 Å². The number of esters is 2. The Morgan fingerprint density at radius 1 is 0.857 bits per heavy atom. The topological polar surface area (TPSA) is 116 Å². The summed E-state index contributed by atoms with van der Waals surface area (Å²) in [5, 5.41) is 0. The molecule has 1 N–H and O–H groups in total. The largest absolute Gasteiger partial charge is 0.463 e. The third-order valence-corrected chi connectivity index (χ3v) is 8.30. The molecule has 0 saturated carbocycles. The van der Waals surface area contributed by atoms with Crippen LogP contribution in [0.2, 0.25) is 0 Å². The normalized spacial score (nSPS) is 13.4. The van der Waals surface area contributed by atoms with Gasteiger partial charge < -0.3 is 9.47 Å². The number of ether oxygens (including phenoxy) is 2. The average Bonchev–Trinajstić information content (AvgIpc) is 2.99. The highest BCUT2D eigenvalue weighted by Crippen LogP contribution is 2.31. The zero-order chi connectivity index (χ0) is 30.7. The Morgan fingerprint density at radius 3 is 2.10 bits per heavy atom. The Labute approximate surface area is 246 Å². The van der Waals surface area contributed by atoms with Crippen molar-refractivity contribution in [2.45, 2.75) is 50.8 Å². The molecule has 3 unspecified atom stereocenters. The number of aryl methyl sites for hydroxylation is 1. The summed E-state index contributed by atoms with van der Waals surface area (Å²) in [7, 11) is -4.11. The number of carbonyl (C=O) groups is 3. The second kappa shape index (κ2) is 15.3. The van der Waals surface area contributed by atoms with Crippen LogP contribution in [0.1, 0.15) is 60.5 Å². The van der Waals surface area contributed by atoms with Crippen molar-refractivity contribution in [2.75, 3.05) is 13.3 Å². The number of carbonyl (C=O) groups excluding carboxylic acids is 3. The number of nitrogens with one attached hydrogen (secondary N) is 1. The van der Waals surface area contributed by atoms with Gasteiger partial charge in [-0.1, -0.05) is 61.9 Å². The molecule has 0 spiro atoms. The second-order valence-corrected chi connectivity index (χ2v) is 11.8. The molecule has 0 aliphatic carbocycles. The highest BCUT2D eigenvalue weighted by atomic mass is 32.2. The Balaban J connectivity index is 1.76. The van der Waals surface area contributed by atoms with E-state index in [1.54, 1.807) is 49.4 Å². The number of hydrogen-bond donors (Lipinski definition) is 1. The van der Waals surface area contributed by atoms with Gasteiger partial charge in [-0.15, -0.1) is 0 Å². The number of alkyl halides is 1. The zero-order valence-electron chi connectivity index (χ0n) is 23.9. The standard InChI is InChI=1S/C32H36FNO7S/c1-4-24(31(36)40-19-18-33)21-27(32(37)41-28-14-10-22(2)11-15-28)20-23(3)25-12-16-29(17-13-25)42(38,39)34-30(35)26-8-6-5-7-9-26/h5-17,23-24,27H,4,18-21H2,1-3H3,(H,34,35). The van der Waals surface area contributed by atoms with E-state index in [1.807, 2.05) is 26.0 Å². The number of hydrogen-bond acceptors (Lipinski definition) is 7. The van der Waals surface area contributed by atoms with Crippen LogP contribution in [-0.4, -0.2) is 39.5 Å². The van der Waals surface area contributed by atoms with Crippen molar-refractivity contribution < 1.29 is 36.7 Å². The first-order valence-electron chi connectivity index (χ1n) is 13.8. The summed E-state index contributed by atoms with van der Waals surface area (Å²) in [4.78, 5) is 38.1. The summed E-state index contributed by atoms with van der Waals surface area (Å²) in [5.74, 6) is -2.98. The van der Waals surface area contributed by atoms with Gasteiger partial charge in [0, 0.05) is 5.56 Å². The van der Waals surface area contributed by atoms with Crippen LogP contribution in [0, 0.1) is 18.8 Å². The molecule has 10 heteroatoms. The van der Waals surface area contributed by atoms with Crippen LogP contribution in [0.3, 0.4) is 0 Å². The van der Waals surface area contributed by atoms with Crippen molar-refractivity contribution in [3.8, 4) is 5.75 Å². The SMILES string of the molecule is CCC(CC(CC(C)c1ccc(S(=O)(=O)NC(=O)c2ccccc2)cc1)C(=O)Oc1ccc(C)cc1)C(=O)OCCF. The average molecular weight is 598 g/mol. The van der Waals surface area contributed by atoms with E-state index in [0.717, 1.165) is 11.1 Å². The Bertz CT molecular complexity index is 1440. The van der Waals surface area contributed by atoms with Gasteiger partial charge >= 0.3 is 11.9 Å². The van der Waals surface area contributed by atoms with E-state index in [2.05, 4.69) is 4.72 Å². The van der Waals surface area contributed by atoms with Gasteiger partial charge in [0.25, 0.3) is 15.9 Å². The van der Waals surface area contributed by atoms with Gasteiger partial charge in [0.15, 0.2) is 0 Å². The van der Waals surface area contributed by atoms with Crippen molar-refractivity contribution >= 4 is 27.9 Å². The maximum absolute atomic E-state index is 13.3. The van der Waals surface area contributed by atoms with E-state index in [9.17, 15) is 27.2 Å². The van der Waals surface area contributed by atoms with Crippen molar-refractivity contribution in [1.82, 2.24) is 4.72 Å². The molecular weight excluding hydrogens is 561 g/mol. The number of amides is 1. The van der Waals surface area contributed by atoms with E-state index in [-0.39, 0.29) is 29.4 Å². The summed E-state index contributed by atoms with van der Waals surface area (Å²) in [6.07, 6.45) is 0.845. The van der Waals surface area contributed by atoms with Crippen LogP contribution < -0.4 is 9.46 Å². The van der Waals surface area contributed by atoms with Crippen LogP contribution in [0.4, 0.5) is 4.39 Å². The maximum atomic E-state index is 13.3. The summed E-state index contributed by atoms with van der Waals surface area (Å²) in [6, 6.07) is 21.1. The molecule has 3 aromatic rings. The monoisotopic (exact) mass is 597 g/mol. The third kappa shape index (κ3) is 9.24. The first kappa shape index (κ1) is 32.5. The molecular formula is C32H36FNO7S. The lowest BCUT2D eigenvalue weighted by atomic mass is 9.84. The summed E-state index contributed by atoms with van der Waals surface area (Å²) >= 11 is 0. The molecule has 8 nitrogen and oxygen atoms in total. The van der Waals surface area contributed by atoms with Gasteiger partial charge in [-0.05, 0) is 74.1 Å². The molecule has 0 heterocycles. The number of halogens is 1. The zero-order valence-corrected chi connectivity index (χ0v) is 24.7. The van der Waals surface area contributed by atoms with Crippen LogP contribution in [-0.2, 0) is 24.3 Å². The number of rotatable bonds is 14. The van der Waals surface area contributed by atoms with E-state index < -0.39 is 46.4 Å². The molecule has 1 amide bonds.